The number of methoxy groups -OCH3 is 1. The molecular formula is C6H3F3N2O. The van der Waals surface area contributed by atoms with Gasteiger partial charge in [0.1, 0.15) is 0 Å². The number of nitrogens with zero attached hydrogens (tertiary/aromatic N) is 2. The third-order valence-electron chi connectivity index (χ3n) is 0.894. The van der Waals surface area contributed by atoms with Crippen LogP contribution in [0.25, 0.3) is 4.85 Å². The maximum absolute atomic E-state index is 11.9. The fourth-order valence-corrected chi connectivity index (χ4v) is 0.473. The number of alkyl halides is 3. The van der Waals surface area contributed by atoms with Crippen LogP contribution in [0.1, 0.15) is 0 Å². The van der Waals surface area contributed by atoms with Gasteiger partial charge in [0.25, 0.3) is 0 Å². The Kier molecular flexibility index (Phi) is 3.12. The van der Waals surface area contributed by atoms with E-state index in [1.807, 2.05) is 0 Å². The lowest BCUT2D eigenvalue weighted by Crippen LogP contribution is -2.14. The molecule has 0 radical (unpaired) electrons. The molecule has 0 aliphatic heterocycles. The van der Waals surface area contributed by atoms with Gasteiger partial charge in [-0.3, -0.25) is 0 Å². The number of hydrogen-bond donors (Lipinski definition) is 0. The molecule has 0 aromatic carbocycles. The van der Waals surface area contributed by atoms with Gasteiger partial charge in [-0.25, -0.2) is 10.1 Å². The second kappa shape index (κ2) is 3.63. The van der Waals surface area contributed by atoms with Gasteiger partial charge in [0, 0.05) is 0 Å². The lowest BCUT2D eigenvalue weighted by atomic mass is 10.4. The first-order chi connectivity index (χ1) is 5.47. The summed E-state index contributed by atoms with van der Waals surface area (Å²) in [5.74, 6) is -1.56. The summed E-state index contributed by atoms with van der Waals surface area (Å²) in [4.78, 5) is 2.37. The Hall–Kier alpha value is -1.69. The van der Waals surface area contributed by atoms with Gasteiger partial charge in [0.05, 0.1) is 19.8 Å². The molecule has 6 heteroatoms. The Morgan fingerprint density at radius 3 is 2.17 bits per heavy atom. The van der Waals surface area contributed by atoms with Crippen LogP contribution in [-0.2, 0) is 4.74 Å². The van der Waals surface area contributed by atoms with E-state index in [0.717, 1.165) is 13.2 Å². The van der Waals surface area contributed by atoms with Crippen molar-refractivity contribution in [2.45, 2.75) is 6.18 Å². The van der Waals surface area contributed by atoms with Gasteiger partial charge in [-0.2, -0.15) is 13.2 Å². The van der Waals surface area contributed by atoms with Gasteiger partial charge in [-0.1, -0.05) is 0 Å². The number of hydrogen-bond acceptors (Lipinski definition) is 2. The number of rotatable bonds is 1. The van der Waals surface area contributed by atoms with Crippen molar-refractivity contribution in [1.82, 2.24) is 0 Å². The highest BCUT2D eigenvalue weighted by Gasteiger charge is 2.38. The monoisotopic (exact) mass is 176 g/mol. The summed E-state index contributed by atoms with van der Waals surface area (Å²) in [5, 5.41) is 8.09. The molecule has 0 aromatic heterocycles. The van der Waals surface area contributed by atoms with E-state index in [0.29, 0.717) is 0 Å². The average Bonchev–Trinajstić information content (AvgIpc) is 1.97. The minimum absolute atomic E-state index is 0.755. The normalized spacial score (nSPS) is 12.5. The molecule has 0 aliphatic carbocycles. The largest absolute Gasteiger partial charge is 0.503 e. The van der Waals surface area contributed by atoms with E-state index in [2.05, 4.69) is 9.58 Å². The zero-order valence-electron chi connectivity index (χ0n) is 5.94. The third-order valence-corrected chi connectivity index (χ3v) is 0.894. The Balaban J connectivity index is 5.18. The molecule has 12 heavy (non-hydrogen) atoms. The summed E-state index contributed by atoms with van der Waals surface area (Å²) in [6, 6.07) is 1.09. The van der Waals surface area contributed by atoms with E-state index in [9.17, 15) is 13.2 Å². The van der Waals surface area contributed by atoms with Crippen LogP contribution in [0.5, 0.6) is 0 Å². The first-order valence-electron chi connectivity index (χ1n) is 2.60. The summed E-state index contributed by atoms with van der Waals surface area (Å²) in [6.45, 7) is 6.24. The van der Waals surface area contributed by atoms with Crippen molar-refractivity contribution in [2.24, 2.45) is 0 Å². The average molecular weight is 176 g/mol. The van der Waals surface area contributed by atoms with Crippen LogP contribution in [0.4, 0.5) is 13.2 Å². The Bertz CT molecular complexity index is 263. The smallest absolute Gasteiger partial charge is 0.439 e. The molecule has 0 amide bonds. The summed E-state index contributed by atoms with van der Waals surface area (Å²) in [6.07, 6.45) is -4.79. The first-order valence-corrected chi connectivity index (χ1v) is 2.60. The minimum Gasteiger partial charge on any atom is -0.503 e. The van der Waals surface area contributed by atoms with Crippen molar-refractivity contribution in [1.29, 1.82) is 5.26 Å². The zero-order valence-corrected chi connectivity index (χ0v) is 5.94. The summed E-state index contributed by atoms with van der Waals surface area (Å²) in [5.41, 5.74) is -1.09. The molecular weight excluding hydrogens is 173 g/mol. The van der Waals surface area contributed by atoms with Gasteiger partial charge in [0.15, 0.2) is 0 Å². The highest BCUT2D eigenvalue weighted by atomic mass is 19.4. The van der Waals surface area contributed by atoms with Crippen LogP contribution in [0.2, 0.25) is 0 Å². The van der Waals surface area contributed by atoms with E-state index in [4.69, 9.17) is 11.8 Å². The Morgan fingerprint density at radius 1 is 1.58 bits per heavy atom. The molecule has 0 atom stereocenters. The topological polar surface area (TPSA) is 37.4 Å². The Morgan fingerprint density at radius 2 is 2.08 bits per heavy atom. The molecule has 64 valence electrons. The highest BCUT2D eigenvalue weighted by Crippen LogP contribution is 2.28. The lowest BCUT2D eigenvalue weighted by Gasteiger charge is -2.09. The van der Waals surface area contributed by atoms with Crippen molar-refractivity contribution in [3.63, 3.8) is 0 Å². The second-order valence-corrected chi connectivity index (χ2v) is 1.60. The van der Waals surface area contributed by atoms with Gasteiger partial charge in [-0.05, 0) is 0 Å². The molecule has 0 bridgehead atoms. The summed E-state index contributed by atoms with van der Waals surface area (Å²) < 4.78 is 39.5. The quantitative estimate of drug-likeness (QED) is 0.347. The molecule has 0 fully saturated rings. The molecule has 3 nitrogen and oxygen atoms in total. The Labute approximate surface area is 66.5 Å². The standard InChI is InChI=1S/C6H3F3N2O/c1-11-4(3-10)5(12-2)6(7,8)9/h2H3/b5-4+. The van der Waals surface area contributed by atoms with Crippen molar-refractivity contribution >= 4 is 0 Å². The molecule has 0 saturated heterocycles. The van der Waals surface area contributed by atoms with Crippen molar-refractivity contribution < 1.29 is 17.9 Å². The number of halogens is 3. The van der Waals surface area contributed by atoms with E-state index in [-0.39, 0.29) is 0 Å². The fraction of sp³-hybridized carbons (Fsp3) is 0.333. The van der Waals surface area contributed by atoms with E-state index >= 15 is 0 Å². The van der Waals surface area contributed by atoms with Crippen LogP contribution in [0, 0.1) is 17.9 Å². The lowest BCUT2D eigenvalue weighted by molar-refractivity contribution is -0.126. The molecule has 0 N–H and O–H groups in total. The van der Waals surface area contributed by atoms with Crippen LogP contribution >= 0.6 is 0 Å². The number of allylic oxidation sites excluding steroid dienone is 2. The highest BCUT2D eigenvalue weighted by molar-refractivity contribution is 5.32. The zero-order chi connectivity index (χ0) is 9.78. The van der Waals surface area contributed by atoms with Gasteiger partial charge in [-0.15, -0.1) is 0 Å². The summed E-state index contributed by atoms with van der Waals surface area (Å²) >= 11 is 0. The van der Waals surface area contributed by atoms with Gasteiger partial charge in [0.2, 0.25) is 5.76 Å². The maximum atomic E-state index is 11.9. The van der Waals surface area contributed by atoms with Crippen molar-refractivity contribution in [3.8, 4) is 6.07 Å². The number of ether oxygens (including phenoxy) is 1. The molecule has 0 spiro atoms. The van der Waals surface area contributed by atoms with Crippen LogP contribution in [0.3, 0.4) is 0 Å². The van der Waals surface area contributed by atoms with Crippen molar-refractivity contribution in [3.05, 3.63) is 22.9 Å². The first kappa shape index (κ1) is 10.3. The molecule has 0 aliphatic rings. The molecule has 0 aromatic rings. The van der Waals surface area contributed by atoms with E-state index in [1.165, 1.54) is 0 Å². The van der Waals surface area contributed by atoms with Crippen molar-refractivity contribution in [2.75, 3.05) is 7.11 Å². The SMILES string of the molecule is [C-]#[N+]/C(C#N)=C(/OC)C(F)(F)F. The molecule has 0 unspecified atom stereocenters. The predicted octanol–water partition coefficient (Wildman–Crippen LogP) is 1.85. The summed E-state index contributed by atoms with van der Waals surface area (Å²) in [7, 11) is 0.755. The third kappa shape index (κ3) is 2.17. The minimum atomic E-state index is -4.79. The second-order valence-electron chi connectivity index (χ2n) is 1.60. The number of nitriles is 1. The van der Waals surface area contributed by atoms with E-state index < -0.39 is 17.6 Å². The maximum Gasteiger partial charge on any atom is 0.439 e. The van der Waals surface area contributed by atoms with Crippen LogP contribution < -0.4 is 0 Å². The van der Waals surface area contributed by atoms with Crippen LogP contribution in [0.15, 0.2) is 11.5 Å². The van der Waals surface area contributed by atoms with Crippen LogP contribution in [-0.4, -0.2) is 13.3 Å². The van der Waals surface area contributed by atoms with Gasteiger partial charge < -0.3 is 4.74 Å². The predicted molar refractivity (Wildman–Crippen MR) is 32.3 cm³/mol. The molecule has 0 saturated carbocycles. The van der Waals surface area contributed by atoms with E-state index in [1.54, 1.807) is 0 Å². The molecule has 0 heterocycles. The van der Waals surface area contributed by atoms with Gasteiger partial charge >= 0.3 is 11.9 Å². The molecule has 0 rings (SSSR count). The fourth-order valence-electron chi connectivity index (χ4n) is 0.473.